The van der Waals surface area contributed by atoms with Crippen LogP contribution in [-0.2, 0) is 6.54 Å². The molecule has 0 unspecified atom stereocenters. The Morgan fingerprint density at radius 2 is 2.16 bits per heavy atom. The molecular weight excluding hydrogens is 310 g/mol. The second-order valence-electron chi connectivity index (χ2n) is 5.39. The Kier molecular flexibility index (Phi) is 9.75. The van der Waals surface area contributed by atoms with E-state index in [1.165, 1.54) is 0 Å². The summed E-state index contributed by atoms with van der Waals surface area (Å²) in [6, 6.07) is 6.04. The largest absolute Gasteiger partial charge is 0.398 e. The molecule has 0 radical (unpaired) electrons. The Labute approximate surface area is 151 Å². The van der Waals surface area contributed by atoms with Gasteiger partial charge in [-0.1, -0.05) is 45.9 Å². The van der Waals surface area contributed by atoms with Crippen LogP contribution < -0.4 is 11.1 Å². The van der Waals surface area contributed by atoms with Crippen molar-refractivity contribution in [3.8, 4) is 0 Å². The first-order chi connectivity index (χ1) is 12.2. The first kappa shape index (κ1) is 20.5. The molecule has 0 saturated carbocycles. The maximum atomic E-state index is 6.12. The van der Waals surface area contributed by atoms with Gasteiger partial charge in [0, 0.05) is 30.0 Å². The summed E-state index contributed by atoms with van der Waals surface area (Å²) in [5, 5.41) is 7.52. The highest BCUT2D eigenvalue weighted by Crippen LogP contribution is 2.26. The van der Waals surface area contributed by atoms with Crippen molar-refractivity contribution in [3.63, 3.8) is 0 Å². The van der Waals surface area contributed by atoms with E-state index in [1.54, 1.807) is 12.7 Å². The minimum atomic E-state index is 0.778. The minimum absolute atomic E-state index is 0.778. The van der Waals surface area contributed by atoms with Crippen LogP contribution in [-0.4, -0.2) is 21.3 Å². The van der Waals surface area contributed by atoms with Gasteiger partial charge in [0.1, 0.15) is 12.7 Å². The number of benzene rings is 1. The third kappa shape index (κ3) is 6.83. The van der Waals surface area contributed by atoms with Crippen molar-refractivity contribution >= 4 is 16.9 Å². The van der Waals surface area contributed by atoms with Crippen LogP contribution in [0, 0.1) is 0 Å². The molecule has 25 heavy (non-hydrogen) atoms. The first-order valence-electron chi connectivity index (χ1n) is 9.03. The summed E-state index contributed by atoms with van der Waals surface area (Å²) >= 11 is 0. The average molecular weight is 342 g/mol. The molecule has 5 nitrogen and oxygen atoms in total. The number of hydrogen-bond acceptors (Lipinski definition) is 4. The molecule has 0 bridgehead atoms. The predicted octanol–water partition coefficient (Wildman–Crippen LogP) is 4.76. The molecule has 1 heterocycles. The zero-order chi connectivity index (χ0) is 18.5. The number of aryl methyl sites for hydroxylation is 1. The van der Waals surface area contributed by atoms with Gasteiger partial charge >= 0.3 is 0 Å². The summed E-state index contributed by atoms with van der Waals surface area (Å²) in [7, 11) is 0. The number of aromatic nitrogens is 3. The van der Waals surface area contributed by atoms with Crippen molar-refractivity contribution in [2.24, 2.45) is 0 Å². The van der Waals surface area contributed by atoms with Gasteiger partial charge in [0.2, 0.25) is 0 Å². The molecule has 136 valence electrons. The van der Waals surface area contributed by atoms with Crippen LogP contribution in [0.4, 0.5) is 11.4 Å². The molecule has 0 aliphatic heterocycles. The normalized spacial score (nSPS) is 10.8. The lowest BCUT2D eigenvalue weighted by atomic mass is 10.0. The summed E-state index contributed by atoms with van der Waals surface area (Å²) in [6.07, 6.45) is 10.5. The van der Waals surface area contributed by atoms with E-state index in [2.05, 4.69) is 41.0 Å². The summed E-state index contributed by atoms with van der Waals surface area (Å²) in [5.74, 6) is 0. The number of nitrogens with zero attached hydrogens (tertiary/aromatic N) is 3. The van der Waals surface area contributed by atoms with Gasteiger partial charge in [-0.25, -0.2) is 4.98 Å². The van der Waals surface area contributed by atoms with Crippen molar-refractivity contribution in [2.75, 3.05) is 17.6 Å². The molecule has 0 atom stereocenters. The van der Waals surface area contributed by atoms with Gasteiger partial charge in [-0.15, -0.1) is 0 Å². The van der Waals surface area contributed by atoms with Gasteiger partial charge in [-0.2, -0.15) is 5.10 Å². The second kappa shape index (κ2) is 11.9. The van der Waals surface area contributed by atoms with E-state index >= 15 is 0 Å². The zero-order valence-corrected chi connectivity index (χ0v) is 15.7. The lowest BCUT2D eigenvalue weighted by Gasteiger charge is -2.12. The molecule has 3 N–H and O–H groups in total. The summed E-state index contributed by atoms with van der Waals surface area (Å²) in [6.45, 7) is 11.8. The highest BCUT2D eigenvalue weighted by Gasteiger charge is 2.04. The Hall–Kier alpha value is -2.56. The molecule has 2 rings (SSSR count). The second-order valence-corrected chi connectivity index (χ2v) is 5.39. The average Bonchev–Trinajstić information content (AvgIpc) is 3.16. The number of allylic oxidation sites excluding steroid dienone is 3. The van der Waals surface area contributed by atoms with Gasteiger partial charge in [-0.05, 0) is 36.6 Å². The zero-order valence-electron chi connectivity index (χ0n) is 15.7. The maximum absolute atomic E-state index is 6.12. The molecule has 2 aromatic rings. The molecule has 1 aromatic carbocycles. The van der Waals surface area contributed by atoms with Gasteiger partial charge in [-0.3, -0.25) is 4.68 Å². The van der Waals surface area contributed by atoms with Crippen LogP contribution in [0.1, 0.15) is 45.6 Å². The van der Waals surface area contributed by atoms with Crippen LogP contribution in [0.15, 0.2) is 49.6 Å². The molecule has 0 spiro atoms. The quantitative estimate of drug-likeness (QED) is 0.392. The molecule has 0 fully saturated rings. The third-order valence-electron chi connectivity index (χ3n) is 3.60. The van der Waals surface area contributed by atoms with Crippen molar-refractivity contribution < 1.29 is 0 Å². The van der Waals surface area contributed by atoms with Gasteiger partial charge in [0.15, 0.2) is 0 Å². The van der Waals surface area contributed by atoms with E-state index in [1.807, 2.05) is 36.7 Å². The third-order valence-corrected chi connectivity index (χ3v) is 3.60. The van der Waals surface area contributed by atoms with Gasteiger partial charge in [0.25, 0.3) is 0 Å². The summed E-state index contributed by atoms with van der Waals surface area (Å²) < 4.78 is 1.83. The van der Waals surface area contributed by atoms with Crippen LogP contribution in [0.25, 0.3) is 5.57 Å². The first-order valence-corrected chi connectivity index (χ1v) is 9.03. The maximum Gasteiger partial charge on any atom is 0.137 e. The molecular formula is C20H31N5. The SMILES string of the molecule is C=C/C(=C\CCC)c1cc(NCCCn2cncn2)ccc1N.CC. The van der Waals surface area contributed by atoms with Crippen LogP contribution in [0.2, 0.25) is 0 Å². The van der Waals surface area contributed by atoms with E-state index in [0.717, 1.165) is 54.9 Å². The van der Waals surface area contributed by atoms with Crippen molar-refractivity contribution in [1.29, 1.82) is 0 Å². The predicted molar refractivity (Wildman–Crippen MR) is 108 cm³/mol. The Bertz CT molecular complexity index is 644. The molecule has 0 saturated heterocycles. The summed E-state index contributed by atoms with van der Waals surface area (Å²) in [5.41, 5.74) is 10.1. The fourth-order valence-corrected chi connectivity index (χ4v) is 2.34. The number of hydrogen-bond donors (Lipinski definition) is 2. The fraction of sp³-hybridized carbons (Fsp3) is 0.400. The van der Waals surface area contributed by atoms with Gasteiger partial charge in [0.05, 0.1) is 0 Å². The highest BCUT2D eigenvalue weighted by molar-refractivity contribution is 5.82. The van der Waals surface area contributed by atoms with Crippen molar-refractivity contribution in [2.45, 2.75) is 46.6 Å². The number of nitrogens with two attached hydrogens (primary N) is 1. The number of nitrogens with one attached hydrogen (secondary N) is 1. The van der Waals surface area contributed by atoms with E-state index < -0.39 is 0 Å². The van der Waals surface area contributed by atoms with Gasteiger partial charge < -0.3 is 11.1 Å². The standard InChI is InChI=1S/C18H25N5.C2H6/c1-3-5-7-15(4-2)17-12-16(8-9-18(17)19)21-10-6-11-23-14-20-13-22-23;1-2/h4,7-9,12-14,21H,2-3,5-6,10-11,19H2,1H3;1-2H3/b15-7+;. The topological polar surface area (TPSA) is 68.8 Å². The van der Waals surface area contributed by atoms with E-state index in [-0.39, 0.29) is 0 Å². The lowest BCUT2D eigenvalue weighted by molar-refractivity contribution is 0.590. The Morgan fingerprint density at radius 3 is 2.80 bits per heavy atom. The Balaban J connectivity index is 0.00000151. The van der Waals surface area contributed by atoms with E-state index in [4.69, 9.17) is 5.73 Å². The fourth-order valence-electron chi connectivity index (χ4n) is 2.34. The monoisotopic (exact) mass is 341 g/mol. The number of rotatable bonds is 9. The van der Waals surface area contributed by atoms with Crippen LogP contribution in [0.3, 0.4) is 0 Å². The molecule has 5 heteroatoms. The van der Waals surface area contributed by atoms with Crippen molar-refractivity contribution in [1.82, 2.24) is 14.8 Å². The van der Waals surface area contributed by atoms with E-state index in [0.29, 0.717) is 0 Å². The smallest absolute Gasteiger partial charge is 0.137 e. The molecule has 1 aromatic heterocycles. The number of anilines is 2. The number of nitrogen functional groups attached to an aromatic ring is 1. The minimum Gasteiger partial charge on any atom is -0.398 e. The lowest BCUT2D eigenvalue weighted by Crippen LogP contribution is -2.07. The molecule has 0 amide bonds. The van der Waals surface area contributed by atoms with Crippen LogP contribution >= 0.6 is 0 Å². The van der Waals surface area contributed by atoms with Crippen molar-refractivity contribution in [3.05, 3.63) is 55.1 Å². The Morgan fingerprint density at radius 1 is 1.36 bits per heavy atom. The summed E-state index contributed by atoms with van der Waals surface area (Å²) in [4.78, 5) is 3.94. The molecule has 0 aliphatic carbocycles. The highest BCUT2D eigenvalue weighted by atomic mass is 15.3. The van der Waals surface area contributed by atoms with Crippen LogP contribution in [0.5, 0.6) is 0 Å². The molecule has 0 aliphatic rings. The number of unbranched alkanes of at least 4 members (excludes halogenated alkanes) is 1. The van der Waals surface area contributed by atoms with E-state index in [9.17, 15) is 0 Å².